The number of hydrogen-bond acceptors (Lipinski definition) is 3. The predicted molar refractivity (Wildman–Crippen MR) is 64.3 cm³/mol. The first kappa shape index (κ1) is 9.84. The number of fused-ring (bicyclic) bond motifs is 1. The number of rotatable bonds is 1. The van der Waals surface area contributed by atoms with E-state index in [0.29, 0.717) is 17.2 Å². The largest absolute Gasteiger partial charge is 0.460 e. The Kier molecular flexibility index (Phi) is 2.26. The van der Waals surface area contributed by atoms with Gasteiger partial charge in [-0.05, 0) is 0 Å². The summed E-state index contributed by atoms with van der Waals surface area (Å²) in [5, 5.41) is 2.75. The van der Waals surface area contributed by atoms with Crippen molar-refractivity contribution < 1.29 is 9.21 Å². The second kappa shape index (κ2) is 3.90. The molecule has 1 amide bonds. The first-order chi connectivity index (χ1) is 8.34. The van der Waals surface area contributed by atoms with E-state index < -0.39 is 0 Å². The van der Waals surface area contributed by atoms with E-state index >= 15 is 0 Å². The van der Waals surface area contributed by atoms with Gasteiger partial charge in [0.05, 0.1) is 12.0 Å². The summed E-state index contributed by atoms with van der Waals surface area (Å²) in [6.07, 6.45) is 1.55. The highest BCUT2D eigenvalue weighted by atomic mass is 16.3. The number of nitrogens with zero attached hydrogens (tertiary/aromatic N) is 1. The van der Waals surface area contributed by atoms with Crippen molar-refractivity contribution in [1.29, 1.82) is 0 Å². The van der Waals surface area contributed by atoms with Crippen LogP contribution in [0.15, 0.2) is 52.1 Å². The molecule has 0 atom stereocenters. The van der Waals surface area contributed by atoms with E-state index in [2.05, 4.69) is 10.3 Å². The van der Waals surface area contributed by atoms with Crippen LogP contribution >= 0.6 is 0 Å². The maximum Gasteiger partial charge on any atom is 0.246 e. The third-order valence-corrected chi connectivity index (χ3v) is 2.58. The van der Waals surface area contributed by atoms with Crippen molar-refractivity contribution in [3.63, 3.8) is 0 Å². The van der Waals surface area contributed by atoms with Crippen LogP contribution in [0.2, 0.25) is 0 Å². The molecule has 1 aliphatic heterocycles. The lowest BCUT2D eigenvalue weighted by Crippen LogP contribution is -2.12. The molecule has 1 aromatic carbocycles. The lowest BCUT2D eigenvalue weighted by molar-refractivity contribution is -0.114. The fraction of sp³-hybridized carbons (Fsp3) is 0.0769. The number of hydrogen-bond donors (Lipinski definition) is 1. The number of aliphatic imine (C=N–C) groups is 1. The molecular formula is C13H10N2O2. The lowest BCUT2D eigenvalue weighted by Gasteiger charge is -2.03. The number of benzene rings is 1. The summed E-state index contributed by atoms with van der Waals surface area (Å²) in [5.74, 6) is 0.487. The van der Waals surface area contributed by atoms with Crippen molar-refractivity contribution in [2.24, 2.45) is 4.99 Å². The molecule has 84 valence electrons. The minimum atomic E-state index is -0.126. The molecular weight excluding hydrogens is 216 g/mol. The zero-order chi connectivity index (χ0) is 11.7. The zero-order valence-corrected chi connectivity index (χ0v) is 9.01. The average Bonchev–Trinajstić information content (AvgIpc) is 2.73. The summed E-state index contributed by atoms with van der Waals surface area (Å²) in [4.78, 5) is 15.8. The summed E-state index contributed by atoms with van der Waals surface area (Å²) in [5.41, 5.74) is 2.33. The van der Waals surface area contributed by atoms with E-state index in [-0.39, 0.29) is 12.5 Å². The summed E-state index contributed by atoms with van der Waals surface area (Å²) >= 11 is 0. The first-order valence-corrected chi connectivity index (χ1v) is 5.32. The van der Waals surface area contributed by atoms with Crippen LogP contribution in [-0.2, 0) is 4.79 Å². The van der Waals surface area contributed by atoms with Gasteiger partial charge in [-0.2, -0.15) is 0 Å². The number of amides is 1. The Morgan fingerprint density at radius 2 is 2.00 bits per heavy atom. The second-order valence-electron chi connectivity index (χ2n) is 3.74. The van der Waals surface area contributed by atoms with Crippen LogP contribution in [0, 0.1) is 0 Å². The van der Waals surface area contributed by atoms with Crippen LogP contribution in [0.4, 0.5) is 5.69 Å². The van der Waals surface area contributed by atoms with Crippen molar-refractivity contribution in [2.75, 3.05) is 11.9 Å². The molecule has 0 radical (unpaired) electrons. The fourth-order valence-corrected chi connectivity index (χ4v) is 1.82. The van der Waals surface area contributed by atoms with Crippen LogP contribution < -0.4 is 5.32 Å². The predicted octanol–water partition coefficient (Wildman–Crippen LogP) is 2.07. The van der Waals surface area contributed by atoms with E-state index in [1.54, 1.807) is 12.3 Å². The van der Waals surface area contributed by atoms with Gasteiger partial charge in [0.15, 0.2) is 5.76 Å². The van der Waals surface area contributed by atoms with Gasteiger partial charge in [-0.15, -0.1) is 0 Å². The zero-order valence-electron chi connectivity index (χ0n) is 9.01. The Hall–Kier alpha value is -2.36. The Balaban J connectivity index is 2.14. The van der Waals surface area contributed by atoms with Gasteiger partial charge in [-0.25, -0.2) is 0 Å². The second-order valence-corrected chi connectivity index (χ2v) is 3.74. The number of nitrogens with one attached hydrogen (secondary N) is 1. The molecule has 2 heterocycles. The Morgan fingerprint density at radius 3 is 2.82 bits per heavy atom. The smallest absolute Gasteiger partial charge is 0.246 e. The van der Waals surface area contributed by atoms with Gasteiger partial charge in [-0.1, -0.05) is 30.3 Å². The van der Waals surface area contributed by atoms with Gasteiger partial charge in [0, 0.05) is 11.6 Å². The van der Waals surface area contributed by atoms with Gasteiger partial charge < -0.3 is 9.73 Å². The minimum Gasteiger partial charge on any atom is -0.460 e. The van der Waals surface area contributed by atoms with Crippen molar-refractivity contribution in [1.82, 2.24) is 0 Å². The van der Waals surface area contributed by atoms with Crippen LogP contribution in [0.25, 0.3) is 0 Å². The quantitative estimate of drug-likeness (QED) is 0.809. The van der Waals surface area contributed by atoms with Crippen molar-refractivity contribution in [2.45, 2.75) is 0 Å². The maximum atomic E-state index is 11.5. The van der Waals surface area contributed by atoms with Crippen LogP contribution in [0.3, 0.4) is 0 Å². The molecule has 0 saturated heterocycles. The molecule has 0 fully saturated rings. The molecule has 17 heavy (non-hydrogen) atoms. The van der Waals surface area contributed by atoms with Gasteiger partial charge in [-0.3, -0.25) is 9.79 Å². The third-order valence-electron chi connectivity index (χ3n) is 2.58. The number of carbonyl (C=O) groups is 1. The molecule has 0 saturated carbocycles. The number of carbonyl (C=O) groups excluding carboxylic acids is 1. The van der Waals surface area contributed by atoms with Crippen LogP contribution in [-0.4, -0.2) is 18.2 Å². The van der Waals surface area contributed by atoms with Gasteiger partial charge in [0.25, 0.3) is 0 Å². The highest BCUT2D eigenvalue weighted by molar-refractivity contribution is 6.17. The van der Waals surface area contributed by atoms with E-state index in [4.69, 9.17) is 4.42 Å². The summed E-state index contributed by atoms with van der Waals surface area (Å²) in [7, 11) is 0. The minimum absolute atomic E-state index is 0.119. The van der Waals surface area contributed by atoms with Crippen molar-refractivity contribution >= 4 is 17.3 Å². The molecule has 1 N–H and O–H groups in total. The Morgan fingerprint density at radius 1 is 1.18 bits per heavy atom. The lowest BCUT2D eigenvalue weighted by atomic mass is 10.1. The van der Waals surface area contributed by atoms with E-state index in [9.17, 15) is 4.79 Å². The normalized spacial score (nSPS) is 14.6. The SMILES string of the molecule is O=C1CN=C(c2ccccc2)c2occc2N1. The molecule has 0 aliphatic carbocycles. The standard InChI is InChI=1S/C13H10N2O2/c16-11-8-14-12(9-4-2-1-3-5-9)13-10(15-11)6-7-17-13/h1-7H,8H2,(H,15,16). The van der Waals surface area contributed by atoms with Gasteiger partial charge in [0.1, 0.15) is 12.3 Å². The topological polar surface area (TPSA) is 54.6 Å². The van der Waals surface area contributed by atoms with E-state index in [1.165, 1.54) is 0 Å². The maximum absolute atomic E-state index is 11.5. The van der Waals surface area contributed by atoms with E-state index in [1.807, 2.05) is 30.3 Å². The third kappa shape index (κ3) is 1.73. The monoisotopic (exact) mass is 226 g/mol. The first-order valence-electron chi connectivity index (χ1n) is 5.32. The van der Waals surface area contributed by atoms with Gasteiger partial charge >= 0.3 is 0 Å². The molecule has 1 aromatic heterocycles. The molecule has 0 unspecified atom stereocenters. The molecule has 4 nitrogen and oxygen atoms in total. The van der Waals surface area contributed by atoms with Crippen LogP contribution in [0.5, 0.6) is 0 Å². The average molecular weight is 226 g/mol. The van der Waals surface area contributed by atoms with E-state index in [0.717, 1.165) is 5.56 Å². The van der Waals surface area contributed by atoms with Crippen LogP contribution in [0.1, 0.15) is 11.3 Å². The highest BCUT2D eigenvalue weighted by Crippen LogP contribution is 2.23. The molecule has 0 spiro atoms. The molecule has 2 aromatic rings. The Bertz CT molecular complexity index is 584. The van der Waals surface area contributed by atoms with Crippen molar-refractivity contribution in [3.05, 3.63) is 54.0 Å². The number of furan rings is 1. The molecule has 0 bridgehead atoms. The van der Waals surface area contributed by atoms with Gasteiger partial charge in [0.2, 0.25) is 5.91 Å². The van der Waals surface area contributed by atoms with Crippen molar-refractivity contribution in [3.8, 4) is 0 Å². The summed E-state index contributed by atoms with van der Waals surface area (Å²) in [6, 6.07) is 11.4. The summed E-state index contributed by atoms with van der Waals surface area (Å²) in [6.45, 7) is 0.119. The highest BCUT2D eigenvalue weighted by Gasteiger charge is 2.20. The molecule has 4 heteroatoms. The summed E-state index contributed by atoms with van der Waals surface area (Å²) < 4.78 is 5.41. The number of anilines is 1. The Labute approximate surface area is 98.0 Å². The fourth-order valence-electron chi connectivity index (χ4n) is 1.82. The molecule has 3 rings (SSSR count). The molecule has 1 aliphatic rings.